The summed E-state index contributed by atoms with van der Waals surface area (Å²) in [4.78, 5) is 26.5. The van der Waals surface area contributed by atoms with E-state index < -0.39 is 23.1 Å². The summed E-state index contributed by atoms with van der Waals surface area (Å²) in [5.41, 5.74) is 1.17. The van der Waals surface area contributed by atoms with Gasteiger partial charge < -0.3 is 15.0 Å². The Morgan fingerprint density at radius 3 is 2.44 bits per heavy atom. The monoisotopic (exact) mass is 440 g/mol. The molecule has 0 saturated carbocycles. The molecule has 0 radical (unpaired) electrons. The number of amides is 2. The standard InChI is InChI=1S/C24H19F3N2O3/c25-17-6-4-15(5-7-17)10-11-29-13-16-12-18(8-9-21(16)32-14-22(29)30)28-24(31)23-19(26)2-1-3-20(23)27/h1-9,12H,10-11,13-14H2,(H,28,31). The van der Waals surface area contributed by atoms with Crippen molar-refractivity contribution in [2.75, 3.05) is 18.5 Å². The molecule has 5 nitrogen and oxygen atoms in total. The Morgan fingerprint density at radius 1 is 1.00 bits per heavy atom. The van der Waals surface area contributed by atoms with Crippen LogP contribution >= 0.6 is 0 Å². The van der Waals surface area contributed by atoms with E-state index in [2.05, 4.69) is 5.32 Å². The van der Waals surface area contributed by atoms with E-state index in [1.807, 2.05) is 0 Å². The molecule has 1 aliphatic heterocycles. The number of ether oxygens (including phenoxy) is 1. The fraction of sp³-hybridized carbons (Fsp3) is 0.167. The number of carbonyl (C=O) groups excluding carboxylic acids is 2. The summed E-state index contributed by atoms with van der Waals surface area (Å²) < 4.78 is 46.4. The lowest BCUT2D eigenvalue weighted by Crippen LogP contribution is -2.34. The number of rotatable bonds is 5. The number of anilines is 1. The molecule has 0 saturated heterocycles. The molecular formula is C24H19F3N2O3. The van der Waals surface area contributed by atoms with Gasteiger partial charge in [0.1, 0.15) is 28.8 Å². The van der Waals surface area contributed by atoms with E-state index in [0.717, 1.165) is 17.7 Å². The Labute approximate surface area is 182 Å². The number of nitrogens with zero attached hydrogens (tertiary/aromatic N) is 1. The number of fused-ring (bicyclic) bond motifs is 1. The molecule has 1 aliphatic rings. The van der Waals surface area contributed by atoms with Gasteiger partial charge in [0.25, 0.3) is 11.8 Å². The van der Waals surface area contributed by atoms with Gasteiger partial charge in [0.15, 0.2) is 6.61 Å². The lowest BCUT2D eigenvalue weighted by molar-refractivity contribution is -0.133. The minimum absolute atomic E-state index is 0.136. The Morgan fingerprint density at radius 2 is 1.72 bits per heavy atom. The summed E-state index contributed by atoms with van der Waals surface area (Å²) in [6.45, 7) is 0.486. The molecule has 3 aromatic rings. The number of benzene rings is 3. The fourth-order valence-corrected chi connectivity index (χ4v) is 3.47. The van der Waals surface area contributed by atoms with E-state index in [9.17, 15) is 22.8 Å². The van der Waals surface area contributed by atoms with E-state index >= 15 is 0 Å². The van der Waals surface area contributed by atoms with Crippen molar-refractivity contribution in [1.29, 1.82) is 0 Å². The van der Waals surface area contributed by atoms with Crippen LogP contribution in [0.1, 0.15) is 21.5 Å². The number of carbonyl (C=O) groups is 2. The highest BCUT2D eigenvalue weighted by atomic mass is 19.1. The van der Waals surface area contributed by atoms with Crippen LogP contribution in [-0.2, 0) is 17.8 Å². The van der Waals surface area contributed by atoms with E-state index in [1.165, 1.54) is 24.3 Å². The van der Waals surface area contributed by atoms with E-state index in [1.54, 1.807) is 29.2 Å². The Balaban J connectivity index is 1.50. The minimum atomic E-state index is -0.960. The highest BCUT2D eigenvalue weighted by molar-refractivity contribution is 6.04. The van der Waals surface area contributed by atoms with Gasteiger partial charge in [0.05, 0.1) is 0 Å². The van der Waals surface area contributed by atoms with E-state index in [0.29, 0.717) is 30.0 Å². The molecule has 8 heteroatoms. The molecule has 0 unspecified atom stereocenters. The maximum atomic E-state index is 13.9. The Hall–Kier alpha value is -3.81. The number of halogens is 3. The van der Waals surface area contributed by atoms with Gasteiger partial charge in [-0.25, -0.2) is 13.2 Å². The van der Waals surface area contributed by atoms with Crippen LogP contribution in [0, 0.1) is 17.5 Å². The predicted molar refractivity (Wildman–Crippen MR) is 112 cm³/mol. The third kappa shape index (κ3) is 4.74. The van der Waals surface area contributed by atoms with Crippen molar-refractivity contribution in [3.05, 3.63) is 94.8 Å². The highest BCUT2D eigenvalue weighted by Crippen LogP contribution is 2.27. The van der Waals surface area contributed by atoms with Gasteiger partial charge in [-0.05, 0) is 54.4 Å². The third-order valence-corrected chi connectivity index (χ3v) is 5.16. The summed E-state index contributed by atoms with van der Waals surface area (Å²) in [5, 5.41) is 2.49. The normalized spacial score (nSPS) is 13.2. The van der Waals surface area contributed by atoms with Crippen molar-refractivity contribution >= 4 is 17.5 Å². The van der Waals surface area contributed by atoms with Crippen LogP contribution < -0.4 is 10.1 Å². The summed E-state index contributed by atoms with van der Waals surface area (Å²) in [7, 11) is 0. The van der Waals surface area contributed by atoms with Crippen molar-refractivity contribution in [3.63, 3.8) is 0 Å². The second-order valence-electron chi connectivity index (χ2n) is 7.35. The van der Waals surface area contributed by atoms with Crippen LogP contribution in [0.5, 0.6) is 5.75 Å². The minimum Gasteiger partial charge on any atom is -0.483 e. The molecule has 0 aromatic heterocycles. The van der Waals surface area contributed by atoms with Crippen LogP contribution in [0.3, 0.4) is 0 Å². The average molecular weight is 440 g/mol. The first kappa shape index (κ1) is 21.4. The van der Waals surface area contributed by atoms with E-state index in [-0.39, 0.29) is 24.9 Å². The fourth-order valence-electron chi connectivity index (χ4n) is 3.47. The van der Waals surface area contributed by atoms with Gasteiger partial charge in [-0.15, -0.1) is 0 Å². The molecule has 1 N–H and O–H groups in total. The van der Waals surface area contributed by atoms with Gasteiger partial charge >= 0.3 is 0 Å². The number of hydrogen-bond donors (Lipinski definition) is 1. The van der Waals surface area contributed by atoms with Crippen LogP contribution in [-0.4, -0.2) is 29.9 Å². The SMILES string of the molecule is O=C(Nc1ccc2c(c1)CN(CCc1ccc(F)cc1)C(=O)CO2)c1c(F)cccc1F. The first-order valence-corrected chi connectivity index (χ1v) is 9.94. The third-order valence-electron chi connectivity index (χ3n) is 5.16. The van der Waals surface area contributed by atoms with Crippen LogP contribution in [0.25, 0.3) is 0 Å². The molecule has 1 heterocycles. The van der Waals surface area contributed by atoms with Gasteiger partial charge in [-0.3, -0.25) is 9.59 Å². The molecule has 0 spiro atoms. The molecule has 4 rings (SSSR count). The molecule has 0 bridgehead atoms. The maximum Gasteiger partial charge on any atom is 0.261 e. The lowest BCUT2D eigenvalue weighted by atomic mass is 10.1. The molecule has 0 fully saturated rings. The molecule has 32 heavy (non-hydrogen) atoms. The van der Waals surface area contributed by atoms with Gasteiger partial charge in [0.2, 0.25) is 0 Å². The van der Waals surface area contributed by atoms with Crippen LogP contribution in [0.15, 0.2) is 60.7 Å². The molecule has 164 valence electrons. The molecule has 0 aliphatic carbocycles. The quantitative estimate of drug-likeness (QED) is 0.643. The topological polar surface area (TPSA) is 58.6 Å². The lowest BCUT2D eigenvalue weighted by Gasteiger charge is -2.20. The number of nitrogens with one attached hydrogen (secondary N) is 1. The summed E-state index contributed by atoms with van der Waals surface area (Å²) in [5.74, 6) is -2.89. The zero-order valence-electron chi connectivity index (χ0n) is 16.9. The van der Waals surface area contributed by atoms with Gasteiger partial charge in [0, 0.05) is 24.3 Å². The Bertz CT molecular complexity index is 1150. The van der Waals surface area contributed by atoms with Crippen molar-refractivity contribution in [2.45, 2.75) is 13.0 Å². The van der Waals surface area contributed by atoms with Gasteiger partial charge in [-0.2, -0.15) is 0 Å². The van der Waals surface area contributed by atoms with Gasteiger partial charge in [-0.1, -0.05) is 18.2 Å². The first-order chi connectivity index (χ1) is 15.4. The van der Waals surface area contributed by atoms with Crippen molar-refractivity contribution in [1.82, 2.24) is 4.90 Å². The first-order valence-electron chi connectivity index (χ1n) is 9.94. The zero-order chi connectivity index (χ0) is 22.7. The van der Waals surface area contributed by atoms with Crippen molar-refractivity contribution in [3.8, 4) is 5.75 Å². The molecular weight excluding hydrogens is 421 g/mol. The molecule has 3 aromatic carbocycles. The maximum absolute atomic E-state index is 13.9. The summed E-state index contributed by atoms with van der Waals surface area (Å²) in [6.07, 6.45) is 0.532. The second kappa shape index (κ2) is 9.13. The molecule has 0 atom stereocenters. The predicted octanol–water partition coefficient (Wildman–Crippen LogP) is 4.32. The zero-order valence-corrected chi connectivity index (χ0v) is 16.9. The Kier molecular flexibility index (Phi) is 6.11. The number of hydrogen-bond acceptors (Lipinski definition) is 3. The van der Waals surface area contributed by atoms with Crippen LogP contribution in [0.4, 0.5) is 18.9 Å². The van der Waals surface area contributed by atoms with E-state index in [4.69, 9.17) is 4.74 Å². The van der Waals surface area contributed by atoms with Crippen LogP contribution in [0.2, 0.25) is 0 Å². The summed E-state index contributed by atoms with van der Waals surface area (Å²) in [6, 6.07) is 14.0. The van der Waals surface area contributed by atoms with Crippen molar-refractivity contribution < 1.29 is 27.5 Å². The largest absolute Gasteiger partial charge is 0.483 e. The average Bonchev–Trinajstić information content (AvgIpc) is 2.91. The highest BCUT2D eigenvalue weighted by Gasteiger charge is 2.23. The molecule has 2 amide bonds. The van der Waals surface area contributed by atoms with Crippen molar-refractivity contribution in [2.24, 2.45) is 0 Å². The summed E-state index contributed by atoms with van der Waals surface area (Å²) >= 11 is 0. The smallest absolute Gasteiger partial charge is 0.261 e. The second-order valence-corrected chi connectivity index (χ2v) is 7.35.